The van der Waals surface area contributed by atoms with Crippen molar-refractivity contribution >= 4 is 11.8 Å². The maximum atomic E-state index is 12.3. The van der Waals surface area contributed by atoms with Crippen molar-refractivity contribution in [2.24, 2.45) is 5.92 Å². The summed E-state index contributed by atoms with van der Waals surface area (Å²) in [4.78, 5) is 25.4. The van der Waals surface area contributed by atoms with Crippen molar-refractivity contribution < 1.29 is 24.2 Å². The van der Waals surface area contributed by atoms with E-state index in [9.17, 15) is 9.59 Å². The molecule has 23 heavy (non-hydrogen) atoms. The molecule has 1 fully saturated rings. The van der Waals surface area contributed by atoms with Crippen molar-refractivity contribution in [1.82, 2.24) is 4.90 Å². The highest BCUT2D eigenvalue weighted by molar-refractivity contribution is 5.96. The number of Topliss-reactive ketones (excluding diaryl/α,β-unsaturated/α-hetero) is 1. The maximum absolute atomic E-state index is 12.3. The number of piperidine rings is 1. The van der Waals surface area contributed by atoms with E-state index in [1.165, 1.54) is 0 Å². The van der Waals surface area contributed by atoms with Gasteiger partial charge in [0.15, 0.2) is 17.3 Å². The van der Waals surface area contributed by atoms with Crippen molar-refractivity contribution in [2.75, 3.05) is 32.8 Å². The molecule has 1 saturated heterocycles. The Balaban J connectivity index is 1.51. The Kier molecular flexibility index (Phi) is 4.81. The summed E-state index contributed by atoms with van der Waals surface area (Å²) in [5.41, 5.74) is 0.634. The summed E-state index contributed by atoms with van der Waals surface area (Å²) in [5.74, 6) is 0.437. The predicted octanol–water partition coefficient (Wildman–Crippen LogP) is 1.83. The largest absolute Gasteiger partial charge is 0.486 e. The monoisotopic (exact) mass is 319 g/mol. The molecule has 1 aromatic rings. The Hall–Kier alpha value is -2.08. The van der Waals surface area contributed by atoms with Crippen LogP contribution in [-0.4, -0.2) is 54.6 Å². The van der Waals surface area contributed by atoms with Crippen LogP contribution in [0.2, 0.25) is 0 Å². The van der Waals surface area contributed by atoms with E-state index < -0.39 is 5.97 Å². The summed E-state index contributed by atoms with van der Waals surface area (Å²) >= 11 is 0. The number of carbonyl (C=O) groups excluding carboxylic acids is 1. The number of hydrogen-bond acceptors (Lipinski definition) is 5. The molecule has 124 valence electrons. The Bertz CT molecular complexity index is 593. The summed E-state index contributed by atoms with van der Waals surface area (Å²) in [6.07, 6.45) is 1.75. The third-order valence-corrected chi connectivity index (χ3v) is 4.46. The van der Waals surface area contributed by atoms with Gasteiger partial charge in [-0.15, -0.1) is 0 Å². The summed E-state index contributed by atoms with van der Waals surface area (Å²) in [5, 5.41) is 8.99. The minimum atomic E-state index is -0.711. The van der Waals surface area contributed by atoms with Crippen LogP contribution in [0.3, 0.4) is 0 Å². The maximum Gasteiger partial charge on any atom is 0.306 e. The van der Waals surface area contributed by atoms with Gasteiger partial charge >= 0.3 is 5.97 Å². The van der Waals surface area contributed by atoms with Crippen molar-refractivity contribution in [3.05, 3.63) is 23.8 Å². The highest BCUT2D eigenvalue weighted by Crippen LogP contribution is 2.31. The molecule has 3 rings (SSSR count). The highest BCUT2D eigenvalue weighted by Gasteiger charge is 2.24. The van der Waals surface area contributed by atoms with Crippen LogP contribution in [0, 0.1) is 5.92 Å². The molecule has 2 aliphatic heterocycles. The van der Waals surface area contributed by atoms with Crippen LogP contribution in [0.15, 0.2) is 18.2 Å². The molecular weight excluding hydrogens is 298 g/mol. The number of ketones is 1. The quantitative estimate of drug-likeness (QED) is 0.835. The first-order valence-electron chi connectivity index (χ1n) is 8.01. The Morgan fingerprint density at radius 2 is 1.83 bits per heavy atom. The first kappa shape index (κ1) is 15.8. The predicted molar refractivity (Wildman–Crippen MR) is 83.2 cm³/mol. The molecule has 0 spiro atoms. The number of hydrogen-bond donors (Lipinski definition) is 1. The molecule has 0 unspecified atom stereocenters. The second kappa shape index (κ2) is 7.00. The van der Waals surface area contributed by atoms with E-state index in [1.807, 2.05) is 0 Å². The number of fused-ring (bicyclic) bond motifs is 1. The summed E-state index contributed by atoms with van der Waals surface area (Å²) in [7, 11) is 0. The van der Waals surface area contributed by atoms with Gasteiger partial charge in [-0.05, 0) is 44.1 Å². The second-order valence-electron chi connectivity index (χ2n) is 5.99. The van der Waals surface area contributed by atoms with Crippen LogP contribution in [0.4, 0.5) is 0 Å². The van der Waals surface area contributed by atoms with Gasteiger partial charge in [-0.2, -0.15) is 0 Å². The van der Waals surface area contributed by atoms with E-state index in [1.54, 1.807) is 18.2 Å². The van der Waals surface area contributed by atoms with Crippen molar-refractivity contribution in [2.45, 2.75) is 19.3 Å². The van der Waals surface area contributed by atoms with Gasteiger partial charge in [0.25, 0.3) is 0 Å². The molecule has 0 aromatic heterocycles. The number of rotatable bonds is 5. The number of benzene rings is 1. The Labute approximate surface area is 135 Å². The minimum absolute atomic E-state index is 0.0716. The molecule has 0 radical (unpaired) electrons. The van der Waals surface area contributed by atoms with E-state index in [0.717, 1.165) is 13.1 Å². The fourth-order valence-corrected chi connectivity index (χ4v) is 3.02. The van der Waals surface area contributed by atoms with Gasteiger partial charge < -0.3 is 19.5 Å². The fourth-order valence-electron chi connectivity index (χ4n) is 3.02. The smallest absolute Gasteiger partial charge is 0.306 e. The van der Waals surface area contributed by atoms with Gasteiger partial charge in [0, 0.05) is 18.5 Å². The molecule has 1 N–H and O–H groups in total. The number of ether oxygens (including phenoxy) is 2. The van der Waals surface area contributed by atoms with Gasteiger partial charge in [0.1, 0.15) is 13.2 Å². The van der Waals surface area contributed by atoms with Gasteiger partial charge in [-0.1, -0.05) is 0 Å². The van der Waals surface area contributed by atoms with E-state index in [0.29, 0.717) is 56.1 Å². The second-order valence-corrected chi connectivity index (χ2v) is 5.99. The lowest BCUT2D eigenvalue weighted by molar-refractivity contribution is -0.143. The van der Waals surface area contributed by atoms with Crippen LogP contribution in [0.1, 0.15) is 29.6 Å². The minimum Gasteiger partial charge on any atom is -0.486 e. The third-order valence-electron chi connectivity index (χ3n) is 4.46. The normalized spacial score (nSPS) is 18.6. The number of likely N-dealkylation sites (tertiary alicyclic amines) is 1. The number of carbonyl (C=O) groups is 2. The van der Waals surface area contributed by atoms with Gasteiger partial charge in [0.2, 0.25) is 0 Å². The lowest BCUT2D eigenvalue weighted by Crippen LogP contribution is -2.37. The Morgan fingerprint density at radius 3 is 2.52 bits per heavy atom. The molecular formula is C17H21NO5. The number of carboxylic acid groups (broad SMARTS) is 1. The van der Waals surface area contributed by atoms with E-state index >= 15 is 0 Å². The molecule has 0 atom stereocenters. The zero-order chi connectivity index (χ0) is 16.2. The SMILES string of the molecule is O=C(CCN1CCC(C(=O)O)CC1)c1ccc2c(c1)OCCO2. The highest BCUT2D eigenvalue weighted by atomic mass is 16.6. The van der Waals surface area contributed by atoms with E-state index in [2.05, 4.69) is 4.90 Å². The lowest BCUT2D eigenvalue weighted by atomic mass is 9.97. The first-order valence-corrected chi connectivity index (χ1v) is 8.01. The van der Waals surface area contributed by atoms with Gasteiger partial charge in [0.05, 0.1) is 5.92 Å². The average molecular weight is 319 g/mol. The van der Waals surface area contributed by atoms with Crippen LogP contribution >= 0.6 is 0 Å². The molecule has 0 amide bonds. The molecule has 2 aliphatic rings. The number of aliphatic carboxylic acids is 1. The van der Waals surface area contributed by atoms with E-state index in [-0.39, 0.29) is 11.7 Å². The molecule has 0 aliphatic carbocycles. The molecule has 0 saturated carbocycles. The lowest BCUT2D eigenvalue weighted by Gasteiger charge is -2.29. The number of carboxylic acids is 1. The van der Waals surface area contributed by atoms with Crippen LogP contribution < -0.4 is 9.47 Å². The molecule has 1 aromatic carbocycles. The van der Waals surface area contributed by atoms with Gasteiger partial charge in [-0.3, -0.25) is 9.59 Å². The number of nitrogens with zero attached hydrogens (tertiary/aromatic N) is 1. The van der Waals surface area contributed by atoms with Crippen LogP contribution in [-0.2, 0) is 4.79 Å². The van der Waals surface area contributed by atoms with Crippen LogP contribution in [0.25, 0.3) is 0 Å². The summed E-state index contributed by atoms with van der Waals surface area (Å²) < 4.78 is 10.9. The first-order chi connectivity index (χ1) is 11.1. The van der Waals surface area contributed by atoms with Gasteiger partial charge in [-0.25, -0.2) is 0 Å². The molecule has 6 nitrogen and oxygen atoms in total. The zero-order valence-corrected chi connectivity index (χ0v) is 13.0. The zero-order valence-electron chi connectivity index (χ0n) is 13.0. The molecule has 2 heterocycles. The van der Waals surface area contributed by atoms with Crippen molar-refractivity contribution in [3.8, 4) is 11.5 Å². The topological polar surface area (TPSA) is 76.1 Å². The van der Waals surface area contributed by atoms with Crippen LogP contribution in [0.5, 0.6) is 11.5 Å². The van der Waals surface area contributed by atoms with Crippen molar-refractivity contribution in [3.63, 3.8) is 0 Å². The average Bonchev–Trinajstić information content (AvgIpc) is 2.59. The third kappa shape index (κ3) is 3.82. The molecule has 0 bridgehead atoms. The Morgan fingerprint density at radius 1 is 1.13 bits per heavy atom. The standard InChI is InChI=1S/C17H21NO5/c19-14(5-8-18-6-3-12(4-7-18)17(20)21)13-1-2-15-16(11-13)23-10-9-22-15/h1-2,11-12H,3-10H2,(H,20,21). The van der Waals surface area contributed by atoms with E-state index in [4.69, 9.17) is 14.6 Å². The molecule has 6 heteroatoms. The fraction of sp³-hybridized carbons (Fsp3) is 0.529. The van der Waals surface area contributed by atoms with Crippen molar-refractivity contribution in [1.29, 1.82) is 0 Å². The summed E-state index contributed by atoms with van der Waals surface area (Å²) in [6, 6.07) is 5.29. The summed E-state index contributed by atoms with van der Waals surface area (Å²) in [6.45, 7) is 3.19.